The molecule has 0 spiro atoms. The van der Waals surface area contributed by atoms with Crippen LogP contribution in [0.5, 0.6) is 0 Å². The first-order valence-corrected chi connectivity index (χ1v) is 8.47. The molecule has 1 aliphatic heterocycles. The van der Waals surface area contributed by atoms with E-state index in [0.717, 1.165) is 60.7 Å². The number of hydrogen-bond donors (Lipinski definition) is 0. The smallest absolute Gasteiger partial charge is 0.167 e. The number of aromatic nitrogens is 4. The lowest BCUT2D eigenvalue weighted by Crippen LogP contribution is -2.46. The fourth-order valence-electron chi connectivity index (χ4n) is 3.47. The summed E-state index contributed by atoms with van der Waals surface area (Å²) >= 11 is 0. The van der Waals surface area contributed by atoms with Crippen molar-refractivity contribution in [3.05, 3.63) is 54.6 Å². The predicted octanol–water partition coefficient (Wildman–Crippen LogP) is 2.19. The molecule has 7 nitrogen and oxygen atoms in total. The molecule has 4 aromatic rings. The first-order chi connectivity index (χ1) is 12.4. The first-order valence-electron chi connectivity index (χ1n) is 8.47. The second kappa shape index (κ2) is 5.86. The van der Waals surface area contributed by atoms with E-state index in [-0.39, 0.29) is 0 Å². The monoisotopic (exact) mass is 334 g/mol. The van der Waals surface area contributed by atoms with Gasteiger partial charge in [0.25, 0.3) is 0 Å². The number of hydrogen-bond acceptors (Lipinski definition) is 6. The topological polar surface area (TPSA) is 62.7 Å². The molecule has 7 heteroatoms. The number of piperazine rings is 1. The quantitative estimate of drug-likeness (QED) is 0.572. The molecule has 1 saturated heterocycles. The molecule has 0 N–H and O–H groups in total. The zero-order valence-corrected chi connectivity index (χ0v) is 13.7. The number of nitrogens with zero attached hydrogens (tertiary/aromatic N) is 6. The SMILES string of the molecule is c1ccc2c(CN3CCN(c4nccn5nccc45)CC3)noc2c1. The maximum Gasteiger partial charge on any atom is 0.167 e. The molecule has 1 aliphatic rings. The molecule has 0 bridgehead atoms. The van der Waals surface area contributed by atoms with E-state index < -0.39 is 0 Å². The molecule has 0 unspecified atom stereocenters. The molecule has 0 amide bonds. The van der Waals surface area contributed by atoms with Crippen molar-refractivity contribution in [3.8, 4) is 0 Å². The molecule has 5 rings (SSSR count). The van der Waals surface area contributed by atoms with Crippen LogP contribution in [0.3, 0.4) is 0 Å². The van der Waals surface area contributed by atoms with Gasteiger partial charge in [0.15, 0.2) is 11.4 Å². The molecule has 0 atom stereocenters. The van der Waals surface area contributed by atoms with Gasteiger partial charge in [-0.25, -0.2) is 9.50 Å². The Morgan fingerprint density at radius 2 is 1.88 bits per heavy atom. The van der Waals surface area contributed by atoms with Crippen LogP contribution in [0.4, 0.5) is 5.82 Å². The summed E-state index contributed by atoms with van der Waals surface area (Å²) < 4.78 is 7.28. The Labute approximate surface area is 144 Å². The van der Waals surface area contributed by atoms with Crippen molar-refractivity contribution in [3.63, 3.8) is 0 Å². The van der Waals surface area contributed by atoms with Crippen LogP contribution in [0.2, 0.25) is 0 Å². The summed E-state index contributed by atoms with van der Waals surface area (Å²) in [6.45, 7) is 4.63. The normalized spacial score (nSPS) is 16.1. The Bertz CT molecular complexity index is 1010. The molecule has 4 heterocycles. The van der Waals surface area contributed by atoms with E-state index in [2.05, 4.69) is 31.1 Å². The summed E-state index contributed by atoms with van der Waals surface area (Å²) in [5, 5.41) is 9.64. The number of benzene rings is 1. The van der Waals surface area contributed by atoms with Gasteiger partial charge in [0, 0.05) is 50.5 Å². The summed E-state index contributed by atoms with van der Waals surface area (Å²) in [4.78, 5) is 9.31. The highest BCUT2D eigenvalue weighted by atomic mass is 16.5. The highest BCUT2D eigenvalue weighted by molar-refractivity contribution is 5.79. The van der Waals surface area contributed by atoms with E-state index in [1.807, 2.05) is 47.4 Å². The average molecular weight is 334 g/mol. The Morgan fingerprint density at radius 1 is 1.00 bits per heavy atom. The molecule has 0 aliphatic carbocycles. The van der Waals surface area contributed by atoms with Gasteiger partial charge in [-0.1, -0.05) is 17.3 Å². The van der Waals surface area contributed by atoms with Crippen LogP contribution in [0.1, 0.15) is 5.69 Å². The number of anilines is 1. The lowest BCUT2D eigenvalue weighted by molar-refractivity contribution is 0.243. The van der Waals surface area contributed by atoms with Gasteiger partial charge < -0.3 is 9.42 Å². The summed E-state index contributed by atoms with van der Waals surface area (Å²) in [5.41, 5.74) is 2.92. The van der Waals surface area contributed by atoms with Gasteiger partial charge in [0.1, 0.15) is 11.2 Å². The second-order valence-corrected chi connectivity index (χ2v) is 6.30. The van der Waals surface area contributed by atoms with Crippen molar-refractivity contribution in [1.29, 1.82) is 0 Å². The first kappa shape index (κ1) is 14.4. The van der Waals surface area contributed by atoms with Crippen LogP contribution in [-0.2, 0) is 6.54 Å². The van der Waals surface area contributed by atoms with E-state index in [1.54, 1.807) is 0 Å². The maximum absolute atomic E-state index is 5.41. The minimum absolute atomic E-state index is 0.815. The summed E-state index contributed by atoms with van der Waals surface area (Å²) in [6.07, 6.45) is 5.50. The summed E-state index contributed by atoms with van der Waals surface area (Å²) in [5.74, 6) is 1.01. The largest absolute Gasteiger partial charge is 0.356 e. The highest BCUT2D eigenvalue weighted by Crippen LogP contribution is 2.22. The standard InChI is InChI=1S/C18H18N6O/c1-2-4-17-14(3-1)15(21-25-17)13-22-9-11-23(12-10-22)18-16-5-6-20-24(16)8-7-19-18/h1-8H,9-13H2. The number of para-hydroxylation sites is 1. The zero-order valence-electron chi connectivity index (χ0n) is 13.7. The number of rotatable bonds is 3. The fraction of sp³-hybridized carbons (Fsp3) is 0.278. The molecule has 0 radical (unpaired) electrons. The van der Waals surface area contributed by atoms with Crippen LogP contribution in [-0.4, -0.2) is 50.8 Å². The third-order valence-corrected chi connectivity index (χ3v) is 4.80. The minimum atomic E-state index is 0.815. The molecular formula is C18H18N6O. The molecule has 0 saturated carbocycles. The van der Waals surface area contributed by atoms with Crippen molar-refractivity contribution < 1.29 is 4.52 Å². The zero-order chi connectivity index (χ0) is 16.6. The van der Waals surface area contributed by atoms with E-state index in [4.69, 9.17) is 4.52 Å². The van der Waals surface area contributed by atoms with E-state index >= 15 is 0 Å². The summed E-state index contributed by atoms with van der Waals surface area (Å²) in [6, 6.07) is 10.0. The Balaban J connectivity index is 1.31. The molecule has 126 valence electrons. The fourth-order valence-corrected chi connectivity index (χ4v) is 3.47. The highest BCUT2D eigenvalue weighted by Gasteiger charge is 2.21. The molecule has 1 aromatic carbocycles. The van der Waals surface area contributed by atoms with Gasteiger partial charge >= 0.3 is 0 Å². The Hall–Kier alpha value is -2.93. The van der Waals surface area contributed by atoms with Crippen LogP contribution in [0.15, 0.2) is 53.4 Å². The van der Waals surface area contributed by atoms with Crippen molar-refractivity contribution in [2.24, 2.45) is 0 Å². The van der Waals surface area contributed by atoms with E-state index in [1.165, 1.54) is 0 Å². The van der Waals surface area contributed by atoms with Crippen LogP contribution in [0, 0.1) is 0 Å². The van der Waals surface area contributed by atoms with Crippen LogP contribution >= 0.6 is 0 Å². The van der Waals surface area contributed by atoms with Crippen molar-refractivity contribution in [2.75, 3.05) is 31.1 Å². The molecular weight excluding hydrogens is 316 g/mol. The average Bonchev–Trinajstić information content (AvgIpc) is 3.29. The third kappa shape index (κ3) is 2.53. The predicted molar refractivity (Wildman–Crippen MR) is 94.5 cm³/mol. The van der Waals surface area contributed by atoms with Gasteiger partial charge in [0.2, 0.25) is 0 Å². The molecule has 25 heavy (non-hydrogen) atoms. The van der Waals surface area contributed by atoms with E-state index in [0.29, 0.717) is 0 Å². The molecule has 1 fully saturated rings. The van der Waals surface area contributed by atoms with Gasteiger partial charge in [-0.05, 0) is 18.2 Å². The number of fused-ring (bicyclic) bond motifs is 2. The van der Waals surface area contributed by atoms with Gasteiger partial charge in [-0.2, -0.15) is 5.10 Å². The van der Waals surface area contributed by atoms with Crippen LogP contribution < -0.4 is 4.90 Å². The van der Waals surface area contributed by atoms with Crippen molar-refractivity contribution in [1.82, 2.24) is 24.7 Å². The van der Waals surface area contributed by atoms with Crippen LogP contribution in [0.25, 0.3) is 16.5 Å². The maximum atomic E-state index is 5.41. The van der Waals surface area contributed by atoms with Gasteiger partial charge in [0.05, 0.1) is 6.20 Å². The van der Waals surface area contributed by atoms with Gasteiger partial charge in [-0.3, -0.25) is 4.90 Å². The lowest BCUT2D eigenvalue weighted by Gasteiger charge is -2.35. The molecule has 3 aromatic heterocycles. The Morgan fingerprint density at radius 3 is 2.80 bits per heavy atom. The second-order valence-electron chi connectivity index (χ2n) is 6.30. The van der Waals surface area contributed by atoms with Crippen molar-refractivity contribution in [2.45, 2.75) is 6.54 Å². The van der Waals surface area contributed by atoms with E-state index in [9.17, 15) is 0 Å². The lowest BCUT2D eigenvalue weighted by atomic mass is 10.2. The third-order valence-electron chi connectivity index (χ3n) is 4.80. The Kier molecular flexibility index (Phi) is 3.38. The van der Waals surface area contributed by atoms with Crippen molar-refractivity contribution >= 4 is 22.3 Å². The van der Waals surface area contributed by atoms with Gasteiger partial charge in [-0.15, -0.1) is 0 Å². The minimum Gasteiger partial charge on any atom is -0.356 e. The summed E-state index contributed by atoms with van der Waals surface area (Å²) in [7, 11) is 0.